The number of thioether (sulfide) groups is 1. The number of hydrogen-bond donors (Lipinski definition) is 0. The van der Waals surface area contributed by atoms with E-state index in [1.807, 2.05) is 7.05 Å². The normalized spacial score (nSPS) is 10.8. The number of hydrogen-bond acceptors (Lipinski definition) is 4. The van der Waals surface area contributed by atoms with E-state index in [4.69, 9.17) is 11.6 Å². The summed E-state index contributed by atoms with van der Waals surface area (Å²) in [6, 6.07) is 12.8. The van der Waals surface area contributed by atoms with Crippen molar-refractivity contribution in [2.45, 2.75) is 5.16 Å². The number of rotatable bonds is 5. The standard InChI is InChI=1S/C17H13ClFN3OS/c1-22-16(12-4-8-14(19)9-5-12)20-21-17(22)24-10-15(23)11-2-6-13(18)7-3-11/h2-9H,10H2,1H3. The van der Waals surface area contributed by atoms with Gasteiger partial charge in [-0.25, -0.2) is 4.39 Å². The van der Waals surface area contributed by atoms with Crippen molar-refractivity contribution in [1.29, 1.82) is 0 Å². The maximum atomic E-state index is 13.0. The summed E-state index contributed by atoms with van der Waals surface area (Å²) in [7, 11) is 1.81. The summed E-state index contributed by atoms with van der Waals surface area (Å²) < 4.78 is 14.8. The van der Waals surface area contributed by atoms with Gasteiger partial charge in [0, 0.05) is 23.2 Å². The molecule has 1 heterocycles. The highest BCUT2D eigenvalue weighted by atomic mass is 35.5. The van der Waals surface area contributed by atoms with Crippen molar-refractivity contribution < 1.29 is 9.18 Å². The van der Waals surface area contributed by atoms with Crippen LogP contribution in [0.4, 0.5) is 4.39 Å². The first-order valence-electron chi connectivity index (χ1n) is 7.11. The molecule has 3 aromatic rings. The van der Waals surface area contributed by atoms with E-state index in [0.717, 1.165) is 5.56 Å². The number of halogens is 2. The number of ketones is 1. The van der Waals surface area contributed by atoms with Crippen LogP contribution in [0.5, 0.6) is 0 Å². The lowest BCUT2D eigenvalue weighted by Crippen LogP contribution is -2.03. The molecule has 24 heavy (non-hydrogen) atoms. The van der Waals surface area contributed by atoms with Crippen LogP contribution in [0.1, 0.15) is 10.4 Å². The van der Waals surface area contributed by atoms with Gasteiger partial charge in [-0.15, -0.1) is 10.2 Å². The molecule has 0 bridgehead atoms. The Morgan fingerprint density at radius 3 is 2.46 bits per heavy atom. The second kappa shape index (κ2) is 7.15. The van der Waals surface area contributed by atoms with Gasteiger partial charge in [0.25, 0.3) is 0 Å². The van der Waals surface area contributed by atoms with Crippen molar-refractivity contribution in [3.8, 4) is 11.4 Å². The average molecular weight is 362 g/mol. The van der Waals surface area contributed by atoms with Gasteiger partial charge in [-0.1, -0.05) is 23.4 Å². The Morgan fingerprint density at radius 2 is 1.79 bits per heavy atom. The van der Waals surface area contributed by atoms with Crippen LogP contribution in [0.15, 0.2) is 53.7 Å². The van der Waals surface area contributed by atoms with Gasteiger partial charge in [0.1, 0.15) is 5.82 Å². The molecule has 0 fully saturated rings. The smallest absolute Gasteiger partial charge is 0.191 e. The highest BCUT2D eigenvalue weighted by Gasteiger charge is 2.14. The van der Waals surface area contributed by atoms with Gasteiger partial charge in [0.2, 0.25) is 0 Å². The van der Waals surface area contributed by atoms with Crippen LogP contribution in [-0.2, 0) is 7.05 Å². The minimum atomic E-state index is -0.302. The molecule has 0 spiro atoms. The summed E-state index contributed by atoms with van der Waals surface area (Å²) in [6.45, 7) is 0. The Kier molecular flexibility index (Phi) is 4.97. The fourth-order valence-electron chi connectivity index (χ4n) is 2.14. The molecule has 0 radical (unpaired) electrons. The van der Waals surface area contributed by atoms with Gasteiger partial charge in [-0.05, 0) is 48.5 Å². The van der Waals surface area contributed by atoms with E-state index in [9.17, 15) is 9.18 Å². The number of Topliss-reactive ketones (excluding diaryl/α,β-unsaturated/α-hetero) is 1. The Labute approximate surface area is 147 Å². The van der Waals surface area contributed by atoms with Crippen molar-refractivity contribution in [3.05, 3.63) is 64.9 Å². The molecule has 0 unspecified atom stereocenters. The minimum Gasteiger partial charge on any atom is -0.305 e. The molecule has 0 aliphatic carbocycles. The molecule has 0 aliphatic heterocycles. The highest BCUT2D eigenvalue weighted by Crippen LogP contribution is 2.23. The Bertz CT molecular complexity index is 863. The average Bonchev–Trinajstić information content (AvgIpc) is 2.95. The molecule has 2 aromatic carbocycles. The predicted molar refractivity (Wildman–Crippen MR) is 92.9 cm³/mol. The number of nitrogens with zero attached hydrogens (tertiary/aromatic N) is 3. The second-order valence-corrected chi connectivity index (χ2v) is 6.47. The van der Waals surface area contributed by atoms with E-state index in [2.05, 4.69) is 10.2 Å². The number of carbonyl (C=O) groups is 1. The zero-order valence-corrected chi connectivity index (χ0v) is 14.3. The molecule has 0 aliphatic rings. The van der Waals surface area contributed by atoms with Crippen LogP contribution in [0.3, 0.4) is 0 Å². The van der Waals surface area contributed by atoms with Crippen molar-refractivity contribution in [2.24, 2.45) is 7.05 Å². The van der Waals surface area contributed by atoms with Crippen molar-refractivity contribution in [2.75, 3.05) is 5.75 Å². The SMILES string of the molecule is Cn1c(SCC(=O)c2ccc(Cl)cc2)nnc1-c1ccc(F)cc1. The number of aromatic nitrogens is 3. The number of benzene rings is 2. The molecule has 0 atom stereocenters. The van der Waals surface area contributed by atoms with Gasteiger partial charge in [0.05, 0.1) is 5.75 Å². The first-order valence-corrected chi connectivity index (χ1v) is 8.48. The Balaban J connectivity index is 1.71. The molecule has 0 saturated heterocycles. The summed E-state index contributed by atoms with van der Waals surface area (Å²) in [5.74, 6) is 0.556. The highest BCUT2D eigenvalue weighted by molar-refractivity contribution is 7.99. The molecule has 0 saturated carbocycles. The zero-order valence-electron chi connectivity index (χ0n) is 12.7. The van der Waals surface area contributed by atoms with E-state index >= 15 is 0 Å². The van der Waals surface area contributed by atoms with E-state index in [0.29, 0.717) is 21.6 Å². The second-order valence-electron chi connectivity index (χ2n) is 5.09. The first kappa shape index (κ1) is 16.7. The van der Waals surface area contributed by atoms with E-state index < -0.39 is 0 Å². The van der Waals surface area contributed by atoms with Crippen LogP contribution < -0.4 is 0 Å². The van der Waals surface area contributed by atoms with Crippen molar-refractivity contribution in [3.63, 3.8) is 0 Å². The van der Waals surface area contributed by atoms with E-state index in [1.54, 1.807) is 41.0 Å². The molecule has 122 valence electrons. The molecular weight excluding hydrogens is 349 g/mol. The third kappa shape index (κ3) is 3.66. The molecular formula is C17H13ClFN3OS. The third-order valence-corrected chi connectivity index (χ3v) is 4.71. The number of carbonyl (C=O) groups excluding carboxylic acids is 1. The van der Waals surface area contributed by atoms with Gasteiger partial charge in [-0.3, -0.25) is 4.79 Å². The van der Waals surface area contributed by atoms with Gasteiger partial charge >= 0.3 is 0 Å². The first-order chi connectivity index (χ1) is 11.5. The van der Waals surface area contributed by atoms with Gasteiger partial charge in [0.15, 0.2) is 16.8 Å². The van der Waals surface area contributed by atoms with Crippen LogP contribution in [-0.4, -0.2) is 26.3 Å². The fourth-order valence-corrected chi connectivity index (χ4v) is 3.07. The molecule has 0 N–H and O–H groups in total. The molecule has 4 nitrogen and oxygen atoms in total. The van der Waals surface area contributed by atoms with Crippen LogP contribution >= 0.6 is 23.4 Å². The summed E-state index contributed by atoms with van der Waals surface area (Å²) >= 11 is 7.12. The Hall–Kier alpha value is -2.18. The topological polar surface area (TPSA) is 47.8 Å². The Morgan fingerprint density at radius 1 is 1.12 bits per heavy atom. The molecule has 0 amide bonds. The van der Waals surface area contributed by atoms with Crippen LogP contribution in [0, 0.1) is 5.82 Å². The summed E-state index contributed by atoms with van der Waals surface area (Å²) in [6.07, 6.45) is 0. The summed E-state index contributed by atoms with van der Waals surface area (Å²) in [4.78, 5) is 12.2. The third-order valence-electron chi connectivity index (χ3n) is 3.44. The molecule has 7 heteroatoms. The van der Waals surface area contributed by atoms with Crippen molar-refractivity contribution >= 4 is 29.1 Å². The van der Waals surface area contributed by atoms with Crippen LogP contribution in [0.2, 0.25) is 5.02 Å². The monoisotopic (exact) mass is 361 g/mol. The van der Waals surface area contributed by atoms with Crippen LogP contribution in [0.25, 0.3) is 11.4 Å². The molecule has 3 rings (SSSR count). The van der Waals surface area contributed by atoms with E-state index in [-0.39, 0.29) is 17.4 Å². The maximum Gasteiger partial charge on any atom is 0.191 e. The fraction of sp³-hybridized carbons (Fsp3) is 0.118. The molecule has 1 aromatic heterocycles. The lowest BCUT2D eigenvalue weighted by atomic mass is 10.1. The van der Waals surface area contributed by atoms with Gasteiger partial charge in [-0.2, -0.15) is 0 Å². The summed E-state index contributed by atoms with van der Waals surface area (Å²) in [5, 5.41) is 9.44. The summed E-state index contributed by atoms with van der Waals surface area (Å²) in [5.41, 5.74) is 1.37. The minimum absolute atomic E-state index is 0.0111. The maximum absolute atomic E-state index is 13.0. The lowest BCUT2D eigenvalue weighted by molar-refractivity contribution is 0.102. The zero-order chi connectivity index (χ0) is 17.1. The quantitative estimate of drug-likeness (QED) is 0.503. The largest absolute Gasteiger partial charge is 0.305 e. The predicted octanol–water partition coefficient (Wildman–Crippen LogP) is 4.25. The van der Waals surface area contributed by atoms with Crippen molar-refractivity contribution in [1.82, 2.24) is 14.8 Å². The van der Waals surface area contributed by atoms with Gasteiger partial charge < -0.3 is 4.57 Å². The van der Waals surface area contributed by atoms with E-state index in [1.165, 1.54) is 23.9 Å². The lowest BCUT2D eigenvalue weighted by Gasteiger charge is -2.04.